The molecule has 0 fully saturated rings. The van der Waals surface area contributed by atoms with Crippen LogP contribution in [0.2, 0.25) is 0 Å². The van der Waals surface area contributed by atoms with Crippen molar-refractivity contribution in [2.45, 2.75) is 12.1 Å². The molecule has 19 heavy (non-hydrogen) atoms. The van der Waals surface area contributed by atoms with Gasteiger partial charge in [0.1, 0.15) is 11.5 Å². The molecule has 7 heteroatoms. The highest BCUT2D eigenvalue weighted by atomic mass is 32.2. The Bertz CT molecular complexity index is 522. The Balaban J connectivity index is 2.16. The maximum absolute atomic E-state index is 5.21. The van der Waals surface area contributed by atoms with Crippen molar-refractivity contribution in [3.8, 4) is 11.5 Å². The van der Waals surface area contributed by atoms with Crippen molar-refractivity contribution in [3.05, 3.63) is 18.2 Å². The fourth-order valence-corrected chi connectivity index (χ4v) is 2.04. The number of thioether (sulfide) groups is 1. The molecule has 0 bridgehead atoms. The molecule has 1 aromatic carbocycles. The van der Waals surface area contributed by atoms with Gasteiger partial charge in [0.05, 0.1) is 14.2 Å². The molecule has 0 aliphatic carbocycles. The minimum absolute atomic E-state index is 0.589. The first-order valence-electron chi connectivity index (χ1n) is 5.80. The lowest BCUT2D eigenvalue weighted by Gasteiger charge is -2.08. The predicted molar refractivity (Wildman–Crippen MR) is 75.6 cm³/mol. The molecule has 0 saturated carbocycles. The minimum Gasteiger partial charge on any atom is -0.497 e. The van der Waals surface area contributed by atoms with Gasteiger partial charge in [0, 0.05) is 23.9 Å². The van der Waals surface area contributed by atoms with Gasteiger partial charge in [0.2, 0.25) is 11.1 Å². The molecule has 0 amide bonds. The summed E-state index contributed by atoms with van der Waals surface area (Å²) < 4.78 is 10.4. The van der Waals surface area contributed by atoms with E-state index in [0.29, 0.717) is 17.4 Å². The molecular weight excluding hydrogens is 264 g/mol. The molecule has 2 rings (SSSR count). The third kappa shape index (κ3) is 3.54. The Kier molecular flexibility index (Phi) is 4.51. The topological polar surface area (TPSA) is 72.1 Å². The summed E-state index contributed by atoms with van der Waals surface area (Å²) in [5.41, 5.74) is 0.820. The number of ether oxygens (including phenoxy) is 2. The number of methoxy groups -OCH3 is 2. The van der Waals surface area contributed by atoms with Gasteiger partial charge >= 0.3 is 0 Å². The summed E-state index contributed by atoms with van der Waals surface area (Å²) in [4.78, 5) is 4.31. The Morgan fingerprint density at radius 3 is 2.47 bits per heavy atom. The molecule has 1 aromatic heterocycles. The van der Waals surface area contributed by atoms with Gasteiger partial charge in [-0.3, -0.25) is 0 Å². The zero-order valence-corrected chi connectivity index (χ0v) is 11.9. The molecule has 0 aliphatic rings. The predicted octanol–water partition coefficient (Wildman–Crippen LogP) is 2.68. The first kappa shape index (κ1) is 13.5. The smallest absolute Gasteiger partial charge is 0.223 e. The summed E-state index contributed by atoms with van der Waals surface area (Å²) in [5, 5.41) is 10.8. The SMILES string of the molecule is CCSc1n[nH]c(Nc2cc(OC)cc(OC)c2)n1. The summed E-state index contributed by atoms with van der Waals surface area (Å²) >= 11 is 1.58. The minimum atomic E-state index is 0.589. The molecule has 0 radical (unpaired) electrons. The van der Waals surface area contributed by atoms with Crippen molar-refractivity contribution in [2.24, 2.45) is 0 Å². The van der Waals surface area contributed by atoms with Gasteiger partial charge in [-0.2, -0.15) is 4.98 Å². The number of nitrogens with zero attached hydrogens (tertiary/aromatic N) is 2. The highest BCUT2D eigenvalue weighted by molar-refractivity contribution is 7.99. The van der Waals surface area contributed by atoms with E-state index in [9.17, 15) is 0 Å². The maximum atomic E-state index is 5.21. The van der Waals surface area contributed by atoms with Crippen molar-refractivity contribution < 1.29 is 9.47 Å². The fraction of sp³-hybridized carbons (Fsp3) is 0.333. The van der Waals surface area contributed by atoms with E-state index < -0.39 is 0 Å². The van der Waals surface area contributed by atoms with E-state index in [4.69, 9.17) is 9.47 Å². The average Bonchev–Trinajstić information content (AvgIpc) is 2.86. The van der Waals surface area contributed by atoms with E-state index in [1.54, 1.807) is 26.0 Å². The number of aromatic amines is 1. The summed E-state index contributed by atoms with van der Waals surface area (Å²) in [5.74, 6) is 2.95. The standard InChI is InChI=1S/C12H16N4O2S/c1-4-19-12-14-11(15-16-12)13-8-5-9(17-2)7-10(6-8)18-3/h5-7H,4H2,1-3H3,(H2,13,14,15,16). The summed E-state index contributed by atoms with van der Waals surface area (Å²) in [6.45, 7) is 2.06. The second kappa shape index (κ2) is 6.33. The van der Waals surface area contributed by atoms with Crippen LogP contribution in [0, 0.1) is 0 Å². The number of hydrogen-bond acceptors (Lipinski definition) is 6. The summed E-state index contributed by atoms with van der Waals surface area (Å²) in [6.07, 6.45) is 0. The number of aromatic nitrogens is 3. The third-order valence-electron chi connectivity index (χ3n) is 2.35. The van der Waals surface area contributed by atoms with Crippen molar-refractivity contribution >= 4 is 23.4 Å². The molecule has 2 N–H and O–H groups in total. The zero-order valence-electron chi connectivity index (χ0n) is 11.1. The van der Waals surface area contributed by atoms with E-state index in [1.165, 1.54) is 0 Å². The lowest BCUT2D eigenvalue weighted by Crippen LogP contribution is -1.95. The molecule has 0 aliphatic heterocycles. The van der Waals surface area contributed by atoms with Gasteiger partial charge in [0.25, 0.3) is 0 Å². The van der Waals surface area contributed by atoms with Gasteiger partial charge in [0.15, 0.2) is 0 Å². The van der Waals surface area contributed by atoms with Crippen LogP contribution >= 0.6 is 11.8 Å². The van der Waals surface area contributed by atoms with Gasteiger partial charge in [-0.25, -0.2) is 5.10 Å². The number of anilines is 2. The summed E-state index contributed by atoms with van der Waals surface area (Å²) in [7, 11) is 3.23. The van der Waals surface area contributed by atoms with Crippen molar-refractivity contribution in [2.75, 3.05) is 25.3 Å². The first-order chi connectivity index (χ1) is 9.25. The van der Waals surface area contributed by atoms with Crippen LogP contribution in [-0.2, 0) is 0 Å². The highest BCUT2D eigenvalue weighted by Gasteiger charge is 2.06. The second-order valence-corrected chi connectivity index (χ2v) is 4.86. The largest absolute Gasteiger partial charge is 0.497 e. The number of nitrogens with one attached hydrogen (secondary N) is 2. The van der Waals surface area contributed by atoms with Crippen LogP contribution in [0.5, 0.6) is 11.5 Å². The van der Waals surface area contributed by atoms with Crippen molar-refractivity contribution in [1.82, 2.24) is 15.2 Å². The molecule has 0 unspecified atom stereocenters. The Hall–Kier alpha value is -1.89. The van der Waals surface area contributed by atoms with Gasteiger partial charge in [-0.1, -0.05) is 18.7 Å². The van der Waals surface area contributed by atoms with Gasteiger partial charge in [-0.05, 0) is 5.75 Å². The lowest BCUT2D eigenvalue weighted by molar-refractivity contribution is 0.395. The molecule has 102 valence electrons. The monoisotopic (exact) mass is 280 g/mol. The van der Waals surface area contributed by atoms with E-state index in [2.05, 4.69) is 27.4 Å². The Labute approximate surface area is 115 Å². The van der Waals surface area contributed by atoms with Crippen LogP contribution in [0.25, 0.3) is 0 Å². The number of benzene rings is 1. The van der Waals surface area contributed by atoms with E-state index in [1.807, 2.05) is 18.2 Å². The van der Waals surface area contributed by atoms with Crippen LogP contribution in [0.15, 0.2) is 23.4 Å². The van der Waals surface area contributed by atoms with Gasteiger partial charge in [-0.15, -0.1) is 5.10 Å². The Morgan fingerprint density at radius 2 is 1.89 bits per heavy atom. The number of H-pyrrole nitrogens is 1. The van der Waals surface area contributed by atoms with E-state index in [-0.39, 0.29) is 0 Å². The van der Waals surface area contributed by atoms with Crippen LogP contribution in [-0.4, -0.2) is 35.2 Å². The molecule has 1 heterocycles. The number of rotatable bonds is 6. The van der Waals surface area contributed by atoms with Crippen LogP contribution < -0.4 is 14.8 Å². The van der Waals surface area contributed by atoms with E-state index >= 15 is 0 Å². The van der Waals surface area contributed by atoms with Crippen LogP contribution in [0.4, 0.5) is 11.6 Å². The zero-order chi connectivity index (χ0) is 13.7. The number of hydrogen-bond donors (Lipinski definition) is 2. The van der Waals surface area contributed by atoms with Crippen molar-refractivity contribution in [3.63, 3.8) is 0 Å². The highest BCUT2D eigenvalue weighted by Crippen LogP contribution is 2.27. The third-order valence-corrected chi connectivity index (χ3v) is 3.08. The molecule has 0 saturated heterocycles. The fourth-order valence-electron chi connectivity index (χ4n) is 1.51. The van der Waals surface area contributed by atoms with E-state index in [0.717, 1.165) is 16.6 Å². The van der Waals surface area contributed by atoms with Crippen molar-refractivity contribution in [1.29, 1.82) is 0 Å². The summed E-state index contributed by atoms with van der Waals surface area (Å²) in [6, 6.07) is 5.53. The molecule has 2 aromatic rings. The second-order valence-electron chi connectivity index (χ2n) is 3.63. The van der Waals surface area contributed by atoms with Crippen LogP contribution in [0.3, 0.4) is 0 Å². The average molecular weight is 280 g/mol. The maximum Gasteiger partial charge on any atom is 0.223 e. The Morgan fingerprint density at radius 1 is 1.21 bits per heavy atom. The first-order valence-corrected chi connectivity index (χ1v) is 6.79. The lowest BCUT2D eigenvalue weighted by atomic mass is 10.3. The molecule has 6 nitrogen and oxygen atoms in total. The molecule has 0 atom stereocenters. The normalized spacial score (nSPS) is 10.3. The quantitative estimate of drug-likeness (QED) is 0.793. The molecular formula is C12H16N4O2S. The molecule has 0 spiro atoms. The van der Waals surface area contributed by atoms with Crippen LogP contribution in [0.1, 0.15) is 6.92 Å². The van der Waals surface area contributed by atoms with Gasteiger partial charge < -0.3 is 14.8 Å².